The molecular formula is C17H19N5O. The van der Waals surface area contributed by atoms with Gasteiger partial charge in [0.15, 0.2) is 0 Å². The lowest BCUT2D eigenvalue weighted by Crippen LogP contribution is -2.28. The van der Waals surface area contributed by atoms with Crippen molar-refractivity contribution in [1.29, 1.82) is 0 Å². The van der Waals surface area contributed by atoms with Crippen molar-refractivity contribution in [3.8, 4) is 11.3 Å². The molecule has 3 aromatic rings. The van der Waals surface area contributed by atoms with Crippen molar-refractivity contribution in [1.82, 2.24) is 19.9 Å². The number of benzene rings is 1. The van der Waals surface area contributed by atoms with E-state index >= 15 is 0 Å². The number of carbonyl (C=O) groups excluding carboxylic acids is 1. The van der Waals surface area contributed by atoms with Gasteiger partial charge in [-0.25, -0.2) is 14.8 Å². The summed E-state index contributed by atoms with van der Waals surface area (Å²) in [5.41, 5.74) is 3.05. The van der Waals surface area contributed by atoms with Gasteiger partial charge in [-0.15, -0.1) is 0 Å². The minimum atomic E-state index is -0.258. The molecule has 0 bridgehead atoms. The van der Waals surface area contributed by atoms with Crippen LogP contribution in [-0.2, 0) is 7.05 Å². The molecule has 3 rings (SSSR count). The van der Waals surface area contributed by atoms with Gasteiger partial charge in [-0.1, -0.05) is 12.1 Å². The highest BCUT2D eigenvalue weighted by molar-refractivity contribution is 6.00. The van der Waals surface area contributed by atoms with Gasteiger partial charge in [-0.2, -0.15) is 0 Å². The van der Waals surface area contributed by atoms with Crippen molar-refractivity contribution >= 4 is 22.6 Å². The first-order valence-corrected chi connectivity index (χ1v) is 7.51. The lowest BCUT2D eigenvalue weighted by molar-refractivity contribution is 0.252. The van der Waals surface area contributed by atoms with Crippen LogP contribution in [0.4, 0.5) is 10.6 Å². The summed E-state index contributed by atoms with van der Waals surface area (Å²) in [7, 11) is 1.94. The Bertz CT molecular complexity index is 869. The van der Waals surface area contributed by atoms with Gasteiger partial charge in [-0.05, 0) is 30.9 Å². The number of hydrogen-bond acceptors (Lipinski definition) is 3. The Morgan fingerprint density at radius 3 is 2.78 bits per heavy atom. The zero-order chi connectivity index (χ0) is 16.4. The van der Waals surface area contributed by atoms with Gasteiger partial charge < -0.3 is 9.88 Å². The number of hydrogen-bond donors (Lipinski definition) is 2. The smallest absolute Gasteiger partial charge is 0.320 e. The molecule has 0 radical (unpaired) electrons. The number of imidazole rings is 1. The van der Waals surface area contributed by atoms with Crippen molar-refractivity contribution < 1.29 is 4.79 Å². The molecule has 0 aliphatic rings. The Morgan fingerprint density at radius 1 is 1.26 bits per heavy atom. The molecule has 2 heterocycles. The zero-order valence-electron chi connectivity index (χ0n) is 13.4. The number of amides is 2. The first kappa shape index (κ1) is 15.0. The van der Waals surface area contributed by atoms with E-state index in [1.807, 2.05) is 37.7 Å². The maximum absolute atomic E-state index is 11.7. The molecule has 2 N–H and O–H groups in total. The highest BCUT2D eigenvalue weighted by atomic mass is 16.2. The first-order chi connectivity index (χ1) is 11.1. The van der Waals surface area contributed by atoms with Gasteiger partial charge in [-0.3, -0.25) is 5.32 Å². The van der Waals surface area contributed by atoms with E-state index in [4.69, 9.17) is 0 Å². The minimum absolute atomic E-state index is 0.258. The van der Waals surface area contributed by atoms with Crippen molar-refractivity contribution in [3.05, 3.63) is 42.5 Å². The summed E-state index contributed by atoms with van der Waals surface area (Å²) in [5, 5.41) is 7.52. The third kappa shape index (κ3) is 3.01. The predicted molar refractivity (Wildman–Crippen MR) is 91.4 cm³/mol. The average Bonchev–Trinajstić information content (AvgIpc) is 2.94. The Kier molecular flexibility index (Phi) is 3.97. The van der Waals surface area contributed by atoms with E-state index in [9.17, 15) is 4.79 Å². The van der Waals surface area contributed by atoms with Gasteiger partial charge in [0.25, 0.3) is 0 Å². The van der Waals surface area contributed by atoms with E-state index in [0.29, 0.717) is 12.4 Å². The van der Waals surface area contributed by atoms with Gasteiger partial charge in [0, 0.05) is 36.9 Å². The Balaban J connectivity index is 2.10. The molecule has 0 unspecified atom stereocenters. The summed E-state index contributed by atoms with van der Waals surface area (Å²) in [4.78, 5) is 20.5. The fourth-order valence-corrected chi connectivity index (χ4v) is 2.55. The lowest BCUT2D eigenvalue weighted by atomic mass is 10.0. The third-order valence-corrected chi connectivity index (χ3v) is 3.68. The second-order valence-electron chi connectivity index (χ2n) is 5.45. The second kappa shape index (κ2) is 6.08. The van der Waals surface area contributed by atoms with E-state index in [-0.39, 0.29) is 6.03 Å². The topological polar surface area (TPSA) is 71.8 Å². The molecule has 0 aliphatic heterocycles. The summed E-state index contributed by atoms with van der Waals surface area (Å²) in [6.07, 6.45) is 5.54. The molecule has 0 spiro atoms. The molecule has 2 aromatic heterocycles. The number of carbonyl (C=O) groups is 1. The van der Waals surface area contributed by atoms with Crippen LogP contribution < -0.4 is 10.6 Å². The Hall–Kier alpha value is -2.89. The van der Waals surface area contributed by atoms with Gasteiger partial charge >= 0.3 is 6.03 Å². The highest BCUT2D eigenvalue weighted by Gasteiger charge is 2.10. The minimum Gasteiger partial charge on any atom is -0.340 e. The van der Waals surface area contributed by atoms with Crippen LogP contribution >= 0.6 is 0 Å². The first-order valence-electron chi connectivity index (χ1n) is 7.51. The molecule has 6 heteroatoms. The fourth-order valence-electron chi connectivity index (χ4n) is 2.55. The summed E-state index contributed by atoms with van der Waals surface area (Å²) in [6, 6.07) is 5.74. The summed E-state index contributed by atoms with van der Waals surface area (Å²) >= 11 is 0. The molecule has 1 aromatic carbocycles. The molecule has 6 nitrogen and oxygen atoms in total. The Morgan fingerprint density at radius 2 is 2.09 bits per heavy atom. The fraction of sp³-hybridized carbons (Fsp3) is 0.235. The van der Waals surface area contributed by atoms with Crippen LogP contribution in [0.5, 0.6) is 0 Å². The predicted octanol–water partition coefficient (Wildman–Crippen LogP) is 3.09. The third-order valence-electron chi connectivity index (χ3n) is 3.68. The summed E-state index contributed by atoms with van der Waals surface area (Å²) < 4.78 is 1.91. The van der Waals surface area contributed by atoms with Crippen molar-refractivity contribution in [2.75, 3.05) is 11.9 Å². The van der Waals surface area contributed by atoms with Crippen LogP contribution in [0.2, 0.25) is 0 Å². The number of fused-ring (bicyclic) bond motifs is 1. The zero-order valence-corrected chi connectivity index (χ0v) is 13.4. The van der Waals surface area contributed by atoms with Crippen molar-refractivity contribution in [3.63, 3.8) is 0 Å². The number of nitrogens with one attached hydrogen (secondary N) is 2. The monoisotopic (exact) mass is 309 g/mol. The van der Waals surface area contributed by atoms with Crippen LogP contribution in [0, 0.1) is 6.92 Å². The largest absolute Gasteiger partial charge is 0.340 e. The average molecular weight is 309 g/mol. The van der Waals surface area contributed by atoms with Gasteiger partial charge in [0.05, 0.1) is 12.0 Å². The molecular weight excluding hydrogens is 290 g/mol. The normalized spacial score (nSPS) is 10.7. The van der Waals surface area contributed by atoms with Gasteiger partial charge in [0.2, 0.25) is 0 Å². The maximum Gasteiger partial charge on any atom is 0.320 e. The molecule has 0 saturated heterocycles. The summed E-state index contributed by atoms with van der Waals surface area (Å²) in [5.74, 6) is 0.520. The molecule has 118 valence electrons. The van der Waals surface area contributed by atoms with E-state index < -0.39 is 0 Å². The van der Waals surface area contributed by atoms with E-state index in [2.05, 4.69) is 32.7 Å². The van der Waals surface area contributed by atoms with Crippen LogP contribution in [0.15, 0.2) is 36.9 Å². The number of anilines is 1. The van der Waals surface area contributed by atoms with Gasteiger partial charge in [0.1, 0.15) is 5.82 Å². The number of rotatable bonds is 3. The highest BCUT2D eigenvalue weighted by Crippen LogP contribution is 2.30. The lowest BCUT2D eigenvalue weighted by Gasteiger charge is -2.10. The quantitative estimate of drug-likeness (QED) is 0.781. The molecule has 0 saturated carbocycles. The molecule has 0 atom stereocenters. The Labute approximate surface area is 134 Å². The number of aryl methyl sites for hydroxylation is 2. The summed E-state index contributed by atoms with van der Waals surface area (Å²) in [6.45, 7) is 4.48. The number of pyridine rings is 1. The molecule has 23 heavy (non-hydrogen) atoms. The SMILES string of the molecule is CCNC(=O)Nc1cc2c(-c3cn(C)cn3)ccc(C)c2cn1. The van der Waals surface area contributed by atoms with Crippen LogP contribution in [0.3, 0.4) is 0 Å². The molecule has 2 amide bonds. The van der Waals surface area contributed by atoms with Crippen molar-refractivity contribution in [2.45, 2.75) is 13.8 Å². The number of aromatic nitrogens is 3. The maximum atomic E-state index is 11.7. The van der Waals surface area contributed by atoms with Crippen molar-refractivity contribution in [2.24, 2.45) is 7.05 Å². The molecule has 0 aliphatic carbocycles. The second-order valence-corrected chi connectivity index (χ2v) is 5.45. The van der Waals surface area contributed by atoms with Crippen LogP contribution in [0.1, 0.15) is 12.5 Å². The van der Waals surface area contributed by atoms with E-state index in [0.717, 1.165) is 27.6 Å². The van der Waals surface area contributed by atoms with E-state index in [1.165, 1.54) is 0 Å². The number of nitrogens with zero attached hydrogens (tertiary/aromatic N) is 3. The number of urea groups is 1. The molecule has 0 fully saturated rings. The standard InChI is InChI=1S/C17H19N5O/c1-4-18-17(23)21-16-7-13-12(15-9-22(3)10-20-15)6-5-11(2)14(13)8-19-16/h5-10H,4H2,1-3H3,(H2,18,19,21,23). The van der Waals surface area contributed by atoms with E-state index in [1.54, 1.807) is 12.5 Å². The van der Waals surface area contributed by atoms with Crippen LogP contribution in [0.25, 0.3) is 22.0 Å². The van der Waals surface area contributed by atoms with Crippen LogP contribution in [-0.4, -0.2) is 27.1 Å².